The van der Waals surface area contributed by atoms with E-state index < -0.39 is 0 Å². The first-order valence-corrected chi connectivity index (χ1v) is 6.65. The molecule has 0 aliphatic rings. The molecule has 1 aromatic carbocycles. The van der Waals surface area contributed by atoms with Crippen molar-refractivity contribution in [1.29, 1.82) is 0 Å². The molecule has 1 aromatic heterocycles. The maximum atomic E-state index is 13.8. The third-order valence-electron chi connectivity index (χ3n) is 3.46. The second kappa shape index (κ2) is 6.05. The molecule has 0 saturated carbocycles. The van der Waals surface area contributed by atoms with Gasteiger partial charge in [0.25, 0.3) is 0 Å². The topological polar surface area (TPSA) is 39.1 Å². The fourth-order valence-electron chi connectivity index (χ4n) is 2.33. The summed E-state index contributed by atoms with van der Waals surface area (Å²) >= 11 is 0. The zero-order valence-electron chi connectivity index (χ0n) is 12.3. The van der Waals surface area contributed by atoms with Crippen molar-refractivity contribution >= 4 is 0 Å². The minimum atomic E-state index is -0.204. The van der Waals surface area contributed by atoms with Crippen LogP contribution in [0.3, 0.4) is 0 Å². The van der Waals surface area contributed by atoms with Gasteiger partial charge in [0.1, 0.15) is 11.5 Å². The van der Waals surface area contributed by atoms with Crippen LogP contribution in [0.15, 0.2) is 24.4 Å². The predicted molar refractivity (Wildman–Crippen MR) is 76.5 cm³/mol. The smallest absolute Gasteiger partial charge is 0.161 e. The molecule has 1 N–H and O–H groups in total. The molecule has 0 aliphatic carbocycles. The van der Waals surface area contributed by atoms with Crippen molar-refractivity contribution in [3.8, 4) is 5.75 Å². The van der Waals surface area contributed by atoms with Gasteiger partial charge in [-0.25, -0.2) is 4.39 Å². The van der Waals surface area contributed by atoms with E-state index in [0.717, 1.165) is 17.8 Å². The molecule has 2 aromatic rings. The third kappa shape index (κ3) is 2.54. The summed E-state index contributed by atoms with van der Waals surface area (Å²) in [6.45, 7) is 4.49. The lowest BCUT2D eigenvalue weighted by Crippen LogP contribution is -2.22. The number of rotatable bonds is 5. The second-order valence-electron chi connectivity index (χ2n) is 4.64. The van der Waals surface area contributed by atoms with Gasteiger partial charge < -0.3 is 10.1 Å². The summed E-state index contributed by atoms with van der Waals surface area (Å²) in [5.41, 5.74) is 2.39. The summed E-state index contributed by atoms with van der Waals surface area (Å²) < 4.78 is 21.0. The molecule has 1 unspecified atom stereocenters. The Balaban J connectivity index is 2.51. The molecule has 0 saturated heterocycles. The highest BCUT2D eigenvalue weighted by atomic mass is 19.1. The van der Waals surface area contributed by atoms with Crippen molar-refractivity contribution in [2.45, 2.75) is 26.4 Å². The molecule has 1 atom stereocenters. The quantitative estimate of drug-likeness (QED) is 0.913. The van der Waals surface area contributed by atoms with Crippen LogP contribution >= 0.6 is 0 Å². The van der Waals surface area contributed by atoms with Crippen molar-refractivity contribution in [2.24, 2.45) is 0 Å². The van der Waals surface area contributed by atoms with Crippen LogP contribution in [0.5, 0.6) is 5.75 Å². The van der Waals surface area contributed by atoms with Crippen LogP contribution in [0.2, 0.25) is 0 Å². The monoisotopic (exact) mass is 277 g/mol. The molecule has 0 radical (unpaired) electrons. The summed E-state index contributed by atoms with van der Waals surface area (Å²) in [7, 11) is 3.46. The molecule has 1 heterocycles. The highest BCUT2D eigenvalue weighted by molar-refractivity contribution is 5.37. The summed E-state index contributed by atoms with van der Waals surface area (Å²) in [6, 6.07) is 5.10. The van der Waals surface area contributed by atoms with E-state index in [0.29, 0.717) is 11.3 Å². The van der Waals surface area contributed by atoms with Crippen molar-refractivity contribution in [1.82, 2.24) is 15.1 Å². The molecular weight excluding hydrogens is 257 g/mol. The third-order valence-corrected chi connectivity index (χ3v) is 3.46. The number of hydrogen-bond acceptors (Lipinski definition) is 3. The molecule has 0 fully saturated rings. The van der Waals surface area contributed by atoms with Gasteiger partial charge in [-0.05, 0) is 38.1 Å². The van der Waals surface area contributed by atoms with Gasteiger partial charge in [-0.1, -0.05) is 12.1 Å². The fourth-order valence-corrected chi connectivity index (χ4v) is 2.33. The lowest BCUT2D eigenvalue weighted by molar-refractivity contribution is 0.401. The normalized spacial score (nSPS) is 12.4. The van der Waals surface area contributed by atoms with Crippen LogP contribution in [0.25, 0.3) is 0 Å². The fraction of sp³-hybridized carbons (Fsp3) is 0.400. The van der Waals surface area contributed by atoms with Crippen LogP contribution in [0.4, 0.5) is 4.39 Å². The van der Waals surface area contributed by atoms with Gasteiger partial charge in [0.15, 0.2) is 5.75 Å². The zero-order valence-corrected chi connectivity index (χ0v) is 12.3. The molecule has 0 bridgehead atoms. The van der Waals surface area contributed by atoms with Gasteiger partial charge in [0, 0.05) is 6.54 Å². The first-order chi connectivity index (χ1) is 9.62. The van der Waals surface area contributed by atoms with E-state index in [2.05, 4.69) is 10.4 Å². The molecule has 4 nitrogen and oxygen atoms in total. The number of benzene rings is 1. The average molecular weight is 277 g/mol. The SMILES string of the molecule is CCn1ncc(OC)c1C(NC)c1ccc(C)c(F)c1. The van der Waals surface area contributed by atoms with E-state index in [1.807, 2.05) is 24.7 Å². The lowest BCUT2D eigenvalue weighted by Gasteiger charge is -2.19. The first kappa shape index (κ1) is 14.5. The molecule has 0 spiro atoms. The predicted octanol–water partition coefficient (Wildman–Crippen LogP) is 2.67. The number of hydrogen-bond donors (Lipinski definition) is 1. The number of aromatic nitrogens is 2. The van der Waals surface area contributed by atoms with Gasteiger partial charge >= 0.3 is 0 Å². The number of aryl methyl sites for hydroxylation is 2. The Morgan fingerprint density at radius 2 is 2.20 bits per heavy atom. The van der Waals surface area contributed by atoms with Gasteiger partial charge in [-0.2, -0.15) is 5.10 Å². The molecular formula is C15H20FN3O. The van der Waals surface area contributed by atoms with Gasteiger partial charge in [-0.3, -0.25) is 4.68 Å². The Labute approximate surface area is 118 Å². The number of nitrogens with zero attached hydrogens (tertiary/aromatic N) is 2. The first-order valence-electron chi connectivity index (χ1n) is 6.65. The van der Waals surface area contributed by atoms with Crippen LogP contribution in [0.1, 0.15) is 29.8 Å². The minimum Gasteiger partial charge on any atom is -0.493 e. The Hall–Kier alpha value is -1.88. The molecule has 20 heavy (non-hydrogen) atoms. The standard InChI is InChI=1S/C15H20FN3O/c1-5-19-15(13(20-4)9-18-19)14(17-3)11-7-6-10(2)12(16)8-11/h6-9,14,17H,5H2,1-4H3. The highest BCUT2D eigenvalue weighted by Gasteiger charge is 2.22. The van der Waals surface area contributed by atoms with Crippen LogP contribution in [0, 0.1) is 12.7 Å². The molecule has 0 amide bonds. The highest BCUT2D eigenvalue weighted by Crippen LogP contribution is 2.30. The maximum absolute atomic E-state index is 13.8. The molecule has 2 rings (SSSR count). The Bertz CT molecular complexity index is 573. The van der Waals surface area contributed by atoms with E-state index in [4.69, 9.17) is 4.74 Å². The Morgan fingerprint density at radius 1 is 1.45 bits per heavy atom. The number of nitrogens with one attached hydrogen (secondary N) is 1. The molecule has 5 heteroatoms. The number of ether oxygens (including phenoxy) is 1. The van der Waals surface area contributed by atoms with E-state index in [1.165, 1.54) is 0 Å². The number of halogens is 1. The Morgan fingerprint density at radius 3 is 2.75 bits per heavy atom. The number of methoxy groups -OCH3 is 1. The van der Waals surface area contributed by atoms with Crippen LogP contribution in [-0.2, 0) is 6.54 Å². The van der Waals surface area contributed by atoms with Crippen molar-refractivity contribution < 1.29 is 9.13 Å². The van der Waals surface area contributed by atoms with Gasteiger partial charge in [-0.15, -0.1) is 0 Å². The van der Waals surface area contributed by atoms with Crippen molar-refractivity contribution in [3.63, 3.8) is 0 Å². The summed E-state index contributed by atoms with van der Waals surface area (Å²) in [4.78, 5) is 0. The minimum absolute atomic E-state index is 0.164. The summed E-state index contributed by atoms with van der Waals surface area (Å²) in [5, 5.41) is 7.51. The molecule has 108 valence electrons. The van der Waals surface area contributed by atoms with E-state index in [-0.39, 0.29) is 11.9 Å². The largest absolute Gasteiger partial charge is 0.493 e. The van der Waals surface area contributed by atoms with Crippen molar-refractivity contribution in [3.05, 3.63) is 47.0 Å². The summed E-state index contributed by atoms with van der Waals surface area (Å²) in [5.74, 6) is 0.497. The zero-order chi connectivity index (χ0) is 14.7. The Kier molecular flexibility index (Phi) is 4.39. The maximum Gasteiger partial charge on any atom is 0.161 e. The van der Waals surface area contributed by atoms with Crippen LogP contribution in [-0.4, -0.2) is 23.9 Å². The van der Waals surface area contributed by atoms with E-state index >= 15 is 0 Å². The summed E-state index contributed by atoms with van der Waals surface area (Å²) in [6.07, 6.45) is 1.69. The molecule has 0 aliphatic heterocycles. The van der Waals surface area contributed by atoms with Gasteiger partial charge in [0.2, 0.25) is 0 Å². The second-order valence-corrected chi connectivity index (χ2v) is 4.64. The van der Waals surface area contributed by atoms with E-state index in [1.54, 1.807) is 32.4 Å². The average Bonchev–Trinajstić information content (AvgIpc) is 2.86. The van der Waals surface area contributed by atoms with Gasteiger partial charge in [0.05, 0.1) is 19.3 Å². The van der Waals surface area contributed by atoms with Crippen LogP contribution < -0.4 is 10.1 Å². The van der Waals surface area contributed by atoms with Crippen molar-refractivity contribution in [2.75, 3.05) is 14.2 Å². The lowest BCUT2D eigenvalue weighted by atomic mass is 10.0. The van der Waals surface area contributed by atoms with E-state index in [9.17, 15) is 4.39 Å².